The third-order valence-electron chi connectivity index (χ3n) is 2.90. The Balaban J connectivity index is 1.88. The van der Waals surface area contributed by atoms with E-state index in [4.69, 9.17) is 4.74 Å². The predicted molar refractivity (Wildman–Crippen MR) is 80.9 cm³/mol. The summed E-state index contributed by atoms with van der Waals surface area (Å²) in [5.41, 5.74) is 3.71. The molecule has 0 spiro atoms. The van der Waals surface area contributed by atoms with E-state index in [-0.39, 0.29) is 6.10 Å². The first-order valence-corrected chi connectivity index (χ1v) is 6.67. The van der Waals surface area contributed by atoms with Gasteiger partial charge in [0, 0.05) is 5.69 Å². The Labute approximate surface area is 115 Å². The first-order valence-electron chi connectivity index (χ1n) is 6.67. The van der Waals surface area contributed by atoms with Gasteiger partial charge in [0.15, 0.2) is 0 Å². The van der Waals surface area contributed by atoms with Gasteiger partial charge in [-0.1, -0.05) is 24.3 Å². The molecule has 100 valence electrons. The van der Waals surface area contributed by atoms with Gasteiger partial charge in [-0.2, -0.15) is 0 Å². The van der Waals surface area contributed by atoms with Crippen LogP contribution in [0.15, 0.2) is 48.5 Å². The maximum absolute atomic E-state index is 5.83. The van der Waals surface area contributed by atoms with Crippen molar-refractivity contribution < 1.29 is 4.74 Å². The van der Waals surface area contributed by atoms with Crippen molar-refractivity contribution in [3.63, 3.8) is 0 Å². The van der Waals surface area contributed by atoms with Crippen LogP contribution in [0, 0.1) is 13.8 Å². The maximum atomic E-state index is 5.83. The van der Waals surface area contributed by atoms with Gasteiger partial charge in [0.25, 0.3) is 0 Å². The van der Waals surface area contributed by atoms with Gasteiger partial charge in [0.1, 0.15) is 11.9 Å². The van der Waals surface area contributed by atoms with Crippen LogP contribution in [-0.4, -0.2) is 12.6 Å². The molecule has 0 aromatic heterocycles. The number of ether oxygens (including phenoxy) is 1. The minimum atomic E-state index is 0.128. The summed E-state index contributed by atoms with van der Waals surface area (Å²) < 4.78 is 5.83. The SMILES string of the molecule is Cc1cc(C)cc(NCC(C)Oc2ccccc2)c1. The van der Waals surface area contributed by atoms with Crippen LogP contribution in [0.4, 0.5) is 5.69 Å². The third kappa shape index (κ3) is 4.32. The second-order valence-corrected chi connectivity index (χ2v) is 5.00. The van der Waals surface area contributed by atoms with E-state index in [1.807, 2.05) is 30.3 Å². The van der Waals surface area contributed by atoms with Crippen molar-refractivity contribution in [2.45, 2.75) is 26.9 Å². The van der Waals surface area contributed by atoms with Crippen molar-refractivity contribution in [2.24, 2.45) is 0 Å². The van der Waals surface area contributed by atoms with Crippen molar-refractivity contribution in [1.29, 1.82) is 0 Å². The maximum Gasteiger partial charge on any atom is 0.119 e. The van der Waals surface area contributed by atoms with Crippen molar-refractivity contribution in [1.82, 2.24) is 0 Å². The first-order chi connectivity index (χ1) is 9.13. The molecule has 0 aliphatic carbocycles. The number of nitrogens with one attached hydrogen (secondary N) is 1. The molecule has 2 nitrogen and oxygen atoms in total. The Morgan fingerprint density at radius 1 is 1.00 bits per heavy atom. The zero-order valence-electron chi connectivity index (χ0n) is 11.8. The predicted octanol–water partition coefficient (Wildman–Crippen LogP) is 4.18. The molecule has 0 fully saturated rings. The van der Waals surface area contributed by atoms with E-state index in [1.165, 1.54) is 11.1 Å². The van der Waals surface area contributed by atoms with Crippen LogP contribution >= 0.6 is 0 Å². The fraction of sp³-hybridized carbons (Fsp3) is 0.294. The fourth-order valence-electron chi connectivity index (χ4n) is 2.11. The summed E-state index contributed by atoms with van der Waals surface area (Å²) in [7, 11) is 0. The highest BCUT2D eigenvalue weighted by atomic mass is 16.5. The van der Waals surface area contributed by atoms with E-state index in [2.05, 4.69) is 44.3 Å². The molecule has 0 amide bonds. The van der Waals surface area contributed by atoms with Crippen molar-refractivity contribution in [3.05, 3.63) is 59.7 Å². The lowest BCUT2D eigenvalue weighted by Gasteiger charge is -2.16. The highest BCUT2D eigenvalue weighted by molar-refractivity contribution is 5.48. The van der Waals surface area contributed by atoms with Crippen molar-refractivity contribution in [2.75, 3.05) is 11.9 Å². The number of anilines is 1. The van der Waals surface area contributed by atoms with Crippen LogP contribution in [-0.2, 0) is 0 Å². The second kappa shape index (κ2) is 6.28. The molecule has 19 heavy (non-hydrogen) atoms. The lowest BCUT2D eigenvalue weighted by molar-refractivity contribution is 0.235. The van der Waals surface area contributed by atoms with Gasteiger partial charge in [-0.3, -0.25) is 0 Å². The number of benzene rings is 2. The molecule has 0 aliphatic heterocycles. The number of rotatable bonds is 5. The highest BCUT2D eigenvalue weighted by Gasteiger charge is 2.04. The van der Waals surface area contributed by atoms with Gasteiger partial charge < -0.3 is 10.1 Å². The average molecular weight is 255 g/mol. The number of hydrogen-bond acceptors (Lipinski definition) is 2. The minimum Gasteiger partial charge on any atom is -0.489 e. The molecular formula is C17H21NO. The summed E-state index contributed by atoms with van der Waals surface area (Å²) in [6.07, 6.45) is 0.128. The third-order valence-corrected chi connectivity index (χ3v) is 2.90. The summed E-state index contributed by atoms with van der Waals surface area (Å²) in [5, 5.41) is 3.42. The molecule has 0 saturated carbocycles. The van der Waals surface area contributed by atoms with E-state index in [0.717, 1.165) is 18.0 Å². The molecule has 2 aromatic carbocycles. The minimum absolute atomic E-state index is 0.128. The molecule has 0 heterocycles. The summed E-state index contributed by atoms with van der Waals surface area (Å²) in [5.74, 6) is 0.914. The largest absolute Gasteiger partial charge is 0.489 e. The van der Waals surface area contributed by atoms with Crippen LogP contribution in [0.1, 0.15) is 18.1 Å². The van der Waals surface area contributed by atoms with Crippen LogP contribution < -0.4 is 10.1 Å². The zero-order valence-corrected chi connectivity index (χ0v) is 11.8. The summed E-state index contributed by atoms with van der Waals surface area (Å²) >= 11 is 0. The molecule has 0 radical (unpaired) electrons. The number of aryl methyl sites for hydroxylation is 2. The van der Waals surface area contributed by atoms with Crippen molar-refractivity contribution >= 4 is 5.69 Å². The molecule has 0 saturated heterocycles. The molecule has 1 atom stereocenters. The van der Waals surface area contributed by atoms with Crippen LogP contribution in [0.2, 0.25) is 0 Å². The van der Waals surface area contributed by atoms with Crippen LogP contribution in [0.3, 0.4) is 0 Å². The van der Waals surface area contributed by atoms with E-state index >= 15 is 0 Å². The van der Waals surface area contributed by atoms with E-state index in [1.54, 1.807) is 0 Å². The molecule has 1 unspecified atom stereocenters. The number of para-hydroxylation sites is 1. The molecule has 0 bridgehead atoms. The van der Waals surface area contributed by atoms with Gasteiger partial charge in [0.05, 0.1) is 6.54 Å². The average Bonchev–Trinajstić information content (AvgIpc) is 2.36. The first kappa shape index (κ1) is 13.5. The monoisotopic (exact) mass is 255 g/mol. The lowest BCUT2D eigenvalue weighted by Crippen LogP contribution is -2.22. The summed E-state index contributed by atoms with van der Waals surface area (Å²) in [4.78, 5) is 0. The smallest absolute Gasteiger partial charge is 0.119 e. The Bertz CT molecular complexity index is 502. The molecule has 2 aromatic rings. The molecular weight excluding hydrogens is 234 g/mol. The molecule has 1 N–H and O–H groups in total. The standard InChI is InChI=1S/C17H21NO/c1-13-9-14(2)11-16(10-13)18-12-15(3)19-17-7-5-4-6-8-17/h4-11,15,18H,12H2,1-3H3. The Hall–Kier alpha value is -1.96. The van der Waals surface area contributed by atoms with E-state index in [0.29, 0.717) is 0 Å². The van der Waals surface area contributed by atoms with Crippen LogP contribution in [0.5, 0.6) is 5.75 Å². The second-order valence-electron chi connectivity index (χ2n) is 5.00. The fourth-order valence-corrected chi connectivity index (χ4v) is 2.11. The molecule has 2 heteroatoms. The lowest BCUT2D eigenvalue weighted by atomic mass is 10.1. The molecule has 0 aliphatic rings. The highest BCUT2D eigenvalue weighted by Crippen LogP contribution is 2.15. The Morgan fingerprint density at radius 2 is 1.63 bits per heavy atom. The molecule has 2 rings (SSSR count). The van der Waals surface area contributed by atoms with E-state index < -0.39 is 0 Å². The van der Waals surface area contributed by atoms with Crippen molar-refractivity contribution in [3.8, 4) is 5.75 Å². The van der Waals surface area contributed by atoms with Gasteiger partial charge in [-0.15, -0.1) is 0 Å². The van der Waals surface area contributed by atoms with Crippen LogP contribution in [0.25, 0.3) is 0 Å². The Kier molecular flexibility index (Phi) is 4.45. The van der Waals surface area contributed by atoms with E-state index in [9.17, 15) is 0 Å². The van der Waals surface area contributed by atoms with Gasteiger partial charge >= 0.3 is 0 Å². The Morgan fingerprint density at radius 3 is 2.26 bits per heavy atom. The summed E-state index contributed by atoms with van der Waals surface area (Å²) in [6, 6.07) is 16.4. The van der Waals surface area contributed by atoms with Gasteiger partial charge in [-0.25, -0.2) is 0 Å². The van der Waals surface area contributed by atoms with Gasteiger partial charge in [0.2, 0.25) is 0 Å². The topological polar surface area (TPSA) is 21.3 Å². The summed E-state index contributed by atoms with van der Waals surface area (Å²) in [6.45, 7) is 7.09. The zero-order chi connectivity index (χ0) is 13.7. The normalized spacial score (nSPS) is 11.9. The quantitative estimate of drug-likeness (QED) is 0.865. The van der Waals surface area contributed by atoms with Gasteiger partial charge in [-0.05, 0) is 56.2 Å². The number of hydrogen-bond donors (Lipinski definition) is 1.